The van der Waals surface area contributed by atoms with Gasteiger partial charge in [-0.1, -0.05) is 0 Å². The van der Waals surface area contributed by atoms with E-state index in [1.165, 1.54) is 29.6 Å². The lowest BCUT2D eigenvalue weighted by molar-refractivity contribution is 0.700. The van der Waals surface area contributed by atoms with Crippen LogP contribution in [-0.4, -0.2) is 19.9 Å². The molecule has 0 aliphatic heterocycles. The highest BCUT2D eigenvalue weighted by molar-refractivity contribution is 7.19. The number of aryl methyl sites for hydroxylation is 2. The molecule has 3 heterocycles. The lowest BCUT2D eigenvalue weighted by atomic mass is 9.97. The smallest absolute Gasteiger partial charge is 0.181 e. The Hall–Kier alpha value is -2.08. The number of nitrogens with zero attached hydrogens (tertiary/aromatic N) is 4. The Kier molecular flexibility index (Phi) is 2.63. The summed E-state index contributed by atoms with van der Waals surface area (Å²) in [5.41, 5.74) is 8.25. The summed E-state index contributed by atoms with van der Waals surface area (Å²) >= 11 is 1.75. The van der Waals surface area contributed by atoms with E-state index in [1.807, 2.05) is 0 Å². The van der Waals surface area contributed by atoms with Crippen LogP contribution in [0.4, 0.5) is 5.82 Å². The summed E-state index contributed by atoms with van der Waals surface area (Å²) in [5, 5.41) is 1.06. The minimum atomic E-state index is 0.572. The number of thiophene rings is 1. The van der Waals surface area contributed by atoms with Crippen molar-refractivity contribution in [1.29, 1.82) is 0 Å². The van der Waals surface area contributed by atoms with Crippen molar-refractivity contribution in [1.82, 2.24) is 19.9 Å². The van der Waals surface area contributed by atoms with Gasteiger partial charge in [0.05, 0.1) is 5.39 Å². The van der Waals surface area contributed by atoms with Crippen molar-refractivity contribution in [2.24, 2.45) is 0 Å². The Balaban J connectivity index is 1.95. The van der Waals surface area contributed by atoms with Crippen molar-refractivity contribution in [3.05, 3.63) is 29.0 Å². The molecule has 20 heavy (non-hydrogen) atoms. The summed E-state index contributed by atoms with van der Waals surface area (Å²) in [5.74, 6) is 1.15. The van der Waals surface area contributed by atoms with E-state index in [2.05, 4.69) is 19.9 Å². The van der Waals surface area contributed by atoms with Crippen molar-refractivity contribution < 1.29 is 0 Å². The summed E-state index contributed by atoms with van der Waals surface area (Å²) in [6.07, 6.45) is 7.90. The van der Waals surface area contributed by atoms with Gasteiger partial charge in [0.2, 0.25) is 0 Å². The Bertz CT molecular complexity index is 781. The van der Waals surface area contributed by atoms with Crippen molar-refractivity contribution in [3.63, 3.8) is 0 Å². The van der Waals surface area contributed by atoms with Gasteiger partial charge in [-0.3, -0.25) is 0 Å². The van der Waals surface area contributed by atoms with Crippen LogP contribution in [0.3, 0.4) is 0 Å². The number of rotatable bonds is 1. The second kappa shape index (κ2) is 4.49. The van der Waals surface area contributed by atoms with Crippen LogP contribution in [0.5, 0.6) is 0 Å². The van der Waals surface area contributed by atoms with Gasteiger partial charge in [0.25, 0.3) is 0 Å². The fraction of sp³-hybridized carbons (Fsp3) is 0.286. The average molecular weight is 283 g/mol. The number of nitrogen functional groups attached to an aromatic ring is 1. The minimum Gasteiger partial charge on any atom is -0.383 e. The molecule has 6 heteroatoms. The lowest BCUT2D eigenvalue weighted by Crippen LogP contribution is -2.02. The monoisotopic (exact) mass is 283 g/mol. The second-order valence-electron chi connectivity index (χ2n) is 4.92. The molecule has 1 aliphatic carbocycles. The van der Waals surface area contributed by atoms with Gasteiger partial charge in [-0.2, -0.15) is 0 Å². The van der Waals surface area contributed by atoms with Crippen LogP contribution < -0.4 is 5.73 Å². The minimum absolute atomic E-state index is 0.572. The van der Waals surface area contributed by atoms with E-state index in [9.17, 15) is 0 Å². The quantitative estimate of drug-likeness (QED) is 0.742. The highest BCUT2D eigenvalue weighted by atomic mass is 32.1. The first-order valence-electron chi connectivity index (χ1n) is 6.67. The third-order valence-electron chi connectivity index (χ3n) is 3.65. The first-order chi connectivity index (χ1) is 9.83. The van der Waals surface area contributed by atoms with Gasteiger partial charge in [-0.25, -0.2) is 19.9 Å². The Morgan fingerprint density at radius 3 is 2.90 bits per heavy atom. The molecule has 0 fully saturated rings. The first kappa shape index (κ1) is 11.7. The zero-order valence-corrected chi connectivity index (χ0v) is 11.7. The van der Waals surface area contributed by atoms with Gasteiger partial charge in [0.1, 0.15) is 22.7 Å². The molecule has 0 radical (unpaired) electrons. The summed E-state index contributed by atoms with van der Waals surface area (Å²) in [7, 11) is 0. The van der Waals surface area contributed by atoms with Crippen molar-refractivity contribution in [2.45, 2.75) is 25.7 Å². The van der Waals surface area contributed by atoms with Gasteiger partial charge in [0.15, 0.2) is 5.82 Å². The number of aromatic nitrogens is 4. The van der Waals surface area contributed by atoms with Crippen LogP contribution in [0.2, 0.25) is 0 Å². The van der Waals surface area contributed by atoms with E-state index >= 15 is 0 Å². The third-order valence-corrected chi connectivity index (χ3v) is 4.84. The molecule has 0 aromatic carbocycles. The van der Waals surface area contributed by atoms with E-state index in [0.29, 0.717) is 17.3 Å². The van der Waals surface area contributed by atoms with Gasteiger partial charge in [0, 0.05) is 11.1 Å². The fourth-order valence-corrected chi connectivity index (χ4v) is 3.99. The second-order valence-corrected chi connectivity index (χ2v) is 6.00. The normalized spacial score (nSPS) is 14.4. The van der Waals surface area contributed by atoms with Crippen molar-refractivity contribution >= 4 is 27.4 Å². The molecule has 1 aliphatic rings. The molecule has 0 amide bonds. The number of hydrogen-bond donors (Lipinski definition) is 1. The predicted octanol–water partition coefficient (Wildman–Crippen LogP) is 2.61. The van der Waals surface area contributed by atoms with E-state index < -0.39 is 0 Å². The van der Waals surface area contributed by atoms with Crippen LogP contribution in [0.25, 0.3) is 21.7 Å². The van der Waals surface area contributed by atoms with Gasteiger partial charge in [-0.15, -0.1) is 11.3 Å². The van der Waals surface area contributed by atoms with E-state index in [1.54, 1.807) is 23.6 Å². The highest BCUT2D eigenvalue weighted by Crippen LogP contribution is 2.38. The molecule has 0 saturated heterocycles. The lowest BCUT2D eigenvalue weighted by Gasteiger charge is -2.10. The maximum atomic E-state index is 6.18. The van der Waals surface area contributed by atoms with Crippen molar-refractivity contribution in [2.75, 3.05) is 5.73 Å². The molecule has 5 nitrogen and oxygen atoms in total. The van der Waals surface area contributed by atoms with Crippen LogP contribution in [0.15, 0.2) is 18.6 Å². The molecule has 0 unspecified atom stereocenters. The molecular formula is C14H13N5S. The summed E-state index contributed by atoms with van der Waals surface area (Å²) in [4.78, 5) is 19.6. The maximum Gasteiger partial charge on any atom is 0.181 e. The molecule has 2 N–H and O–H groups in total. The molecular weight excluding hydrogens is 270 g/mol. The third kappa shape index (κ3) is 1.76. The Labute approximate surface area is 119 Å². The largest absolute Gasteiger partial charge is 0.383 e. The Morgan fingerprint density at radius 1 is 1.15 bits per heavy atom. The molecule has 0 saturated carbocycles. The SMILES string of the molecule is Nc1nc(-c2ccncn2)nc2sc3c(c12)CCCC3. The molecule has 4 rings (SSSR count). The maximum absolute atomic E-state index is 6.18. The summed E-state index contributed by atoms with van der Waals surface area (Å²) in [6.45, 7) is 0. The van der Waals surface area contributed by atoms with E-state index in [-0.39, 0.29) is 0 Å². The summed E-state index contributed by atoms with van der Waals surface area (Å²) < 4.78 is 0. The molecule has 100 valence electrons. The fourth-order valence-electron chi connectivity index (χ4n) is 2.72. The average Bonchev–Trinajstić information content (AvgIpc) is 2.87. The van der Waals surface area contributed by atoms with E-state index in [0.717, 1.165) is 23.1 Å². The predicted molar refractivity (Wildman–Crippen MR) is 79.5 cm³/mol. The standard InChI is InChI=1S/C14H13N5S/c15-12-11-8-3-1-2-4-10(8)20-14(11)19-13(18-12)9-5-6-16-7-17-9/h5-7H,1-4H2,(H2,15,18,19). The van der Waals surface area contributed by atoms with E-state index in [4.69, 9.17) is 5.73 Å². The van der Waals surface area contributed by atoms with Gasteiger partial charge in [-0.05, 0) is 37.3 Å². The zero-order chi connectivity index (χ0) is 13.5. The van der Waals surface area contributed by atoms with Gasteiger partial charge < -0.3 is 5.73 Å². The number of nitrogens with two attached hydrogens (primary N) is 1. The number of fused-ring (bicyclic) bond motifs is 3. The highest BCUT2D eigenvalue weighted by Gasteiger charge is 2.20. The van der Waals surface area contributed by atoms with Gasteiger partial charge >= 0.3 is 0 Å². The van der Waals surface area contributed by atoms with Crippen LogP contribution >= 0.6 is 11.3 Å². The number of hydrogen-bond acceptors (Lipinski definition) is 6. The van der Waals surface area contributed by atoms with Crippen molar-refractivity contribution in [3.8, 4) is 11.5 Å². The summed E-state index contributed by atoms with van der Waals surface area (Å²) in [6, 6.07) is 1.80. The Morgan fingerprint density at radius 2 is 2.05 bits per heavy atom. The molecule has 0 atom stereocenters. The first-order valence-corrected chi connectivity index (χ1v) is 7.49. The molecule has 0 bridgehead atoms. The van der Waals surface area contributed by atoms with Crippen LogP contribution in [0, 0.1) is 0 Å². The van der Waals surface area contributed by atoms with Crippen LogP contribution in [0.1, 0.15) is 23.3 Å². The molecule has 0 spiro atoms. The van der Waals surface area contributed by atoms with Crippen LogP contribution in [-0.2, 0) is 12.8 Å². The molecule has 3 aromatic heterocycles. The number of anilines is 1. The topological polar surface area (TPSA) is 77.6 Å². The molecule has 3 aromatic rings. The zero-order valence-electron chi connectivity index (χ0n) is 10.8.